The van der Waals surface area contributed by atoms with Crippen LogP contribution in [0.5, 0.6) is 0 Å². The van der Waals surface area contributed by atoms with Crippen LogP contribution in [0, 0.1) is 5.21 Å². The first-order valence-electron chi connectivity index (χ1n) is 6.29. The second kappa shape index (κ2) is 5.81. The summed E-state index contributed by atoms with van der Waals surface area (Å²) in [6.07, 6.45) is 4.63. The van der Waals surface area contributed by atoms with Crippen molar-refractivity contribution in [3.05, 3.63) is 84.5 Å². The van der Waals surface area contributed by atoms with E-state index in [-0.39, 0.29) is 0 Å². The van der Waals surface area contributed by atoms with E-state index in [0.29, 0.717) is 5.44 Å². The maximum atomic E-state index is 12.1. The van der Waals surface area contributed by atoms with Crippen LogP contribution in [0.4, 0.5) is 0 Å². The van der Waals surface area contributed by atoms with Crippen molar-refractivity contribution in [1.82, 2.24) is 4.98 Å². The molecule has 2 aromatic carbocycles. The Kier molecular flexibility index (Phi) is 3.71. The predicted octanol–water partition coefficient (Wildman–Crippen LogP) is 1.47. The molecule has 20 heavy (non-hydrogen) atoms. The third kappa shape index (κ3) is 2.54. The molecule has 98 valence electrons. The molecule has 0 spiro atoms. The molecule has 0 aliphatic carbocycles. The molecular formula is C16H13N2OP. The number of hydrogen-bond acceptors (Lipinski definition) is 2. The van der Waals surface area contributed by atoms with Crippen LogP contribution in [0.1, 0.15) is 0 Å². The molecule has 1 heterocycles. The lowest BCUT2D eigenvalue weighted by atomic mass is 10.4. The summed E-state index contributed by atoms with van der Waals surface area (Å²) in [7, 11) is -0.879. The first-order chi connectivity index (χ1) is 9.86. The summed E-state index contributed by atoms with van der Waals surface area (Å²) in [5.41, 5.74) is 0.694. The topological polar surface area (TPSA) is 39.8 Å². The van der Waals surface area contributed by atoms with Gasteiger partial charge in [0.1, 0.15) is 6.20 Å². The average molecular weight is 280 g/mol. The molecule has 0 bridgehead atoms. The first kappa shape index (κ1) is 12.8. The van der Waals surface area contributed by atoms with Gasteiger partial charge in [0, 0.05) is 0 Å². The van der Waals surface area contributed by atoms with Gasteiger partial charge in [-0.1, -0.05) is 60.7 Å². The molecule has 0 fully saturated rings. The van der Waals surface area contributed by atoms with Crippen LogP contribution in [-0.2, 0) is 0 Å². The minimum Gasteiger partial charge on any atom is -0.618 e. The van der Waals surface area contributed by atoms with Gasteiger partial charge in [-0.15, -0.1) is 0 Å². The average Bonchev–Trinajstić information content (AvgIpc) is 2.52. The Morgan fingerprint density at radius 3 is 1.90 bits per heavy atom. The Labute approximate surface area is 118 Å². The zero-order valence-corrected chi connectivity index (χ0v) is 11.6. The fraction of sp³-hybridized carbons (Fsp3) is 0. The van der Waals surface area contributed by atoms with Crippen molar-refractivity contribution in [1.29, 1.82) is 0 Å². The lowest BCUT2D eigenvalue weighted by Gasteiger charge is -2.16. The molecule has 1 aromatic heterocycles. The first-order valence-corrected chi connectivity index (χ1v) is 7.64. The van der Waals surface area contributed by atoms with Crippen LogP contribution in [0.15, 0.2) is 79.3 Å². The predicted molar refractivity (Wildman–Crippen MR) is 81.9 cm³/mol. The second-order valence-electron chi connectivity index (χ2n) is 4.27. The van der Waals surface area contributed by atoms with Crippen LogP contribution in [-0.4, -0.2) is 4.98 Å². The normalized spacial score (nSPS) is 10.7. The summed E-state index contributed by atoms with van der Waals surface area (Å²) in [6.45, 7) is 0. The molecule has 0 aliphatic heterocycles. The van der Waals surface area contributed by atoms with E-state index in [1.54, 1.807) is 6.20 Å². The van der Waals surface area contributed by atoms with Crippen molar-refractivity contribution in [3.63, 3.8) is 0 Å². The number of aromatic nitrogens is 2. The summed E-state index contributed by atoms with van der Waals surface area (Å²) in [5.74, 6) is 0. The van der Waals surface area contributed by atoms with Crippen LogP contribution in [0.3, 0.4) is 0 Å². The van der Waals surface area contributed by atoms with E-state index >= 15 is 0 Å². The molecule has 0 amide bonds. The van der Waals surface area contributed by atoms with Gasteiger partial charge >= 0.3 is 0 Å². The number of benzene rings is 2. The van der Waals surface area contributed by atoms with Crippen LogP contribution < -0.4 is 20.8 Å². The fourth-order valence-corrected chi connectivity index (χ4v) is 4.28. The van der Waals surface area contributed by atoms with Gasteiger partial charge < -0.3 is 5.21 Å². The summed E-state index contributed by atoms with van der Waals surface area (Å²) >= 11 is 0. The van der Waals surface area contributed by atoms with Crippen molar-refractivity contribution in [2.75, 3.05) is 0 Å². The SMILES string of the molecule is [O-][n+]1ccncc1P(c1ccccc1)c1ccccc1. The third-order valence-corrected chi connectivity index (χ3v) is 5.36. The second-order valence-corrected chi connectivity index (χ2v) is 6.43. The molecule has 3 aromatic rings. The third-order valence-electron chi connectivity index (χ3n) is 2.96. The zero-order chi connectivity index (χ0) is 13.8. The molecular weight excluding hydrogens is 267 g/mol. The molecule has 0 saturated carbocycles. The van der Waals surface area contributed by atoms with Gasteiger partial charge in [-0.05, 0) is 10.6 Å². The molecule has 0 aliphatic rings. The highest BCUT2D eigenvalue weighted by molar-refractivity contribution is 7.79. The van der Waals surface area contributed by atoms with Gasteiger partial charge in [0.2, 0.25) is 5.44 Å². The van der Waals surface area contributed by atoms with E-state index in [2.05, 4.69) is 29.2 Å². The van der Waals surface area contributed by atoms with Gasteiger partial charge in [0.25, 0.3) is 0 Å². The summed E-state index contributed by atoms with van der Waals surface area (Å²) in [4.78, 5) is 4.11. The van der Waals surface area contributed by atoms with Gasteiger partial charge in [-0.3, -0.25) is 4.98 Å². The number of hydrogen-bond donors (Lipinski definition) is 0. The largest absolute Gasteiger partial charge is 0.618 e. The lowest BCUT2D eigenvalue weighted by Crippen LogP contribution is -2.45. The van der Waals surface area contributed by atoms with Gasteiger partial charge in [-0.2, -0.15) is 4.73 Å². The molecule has 3 nitrogen and oxygen atoms in total. The highest BCUT2D eigenvalue weighted by atomic mass is 31.1. The van der Waals surface area contributed by atoms with Gasteiger partial charge in [-0.25, -0.2) is 0 Å². The summed E-state index contributed by atoms with van der Waals surface area (Å²) in [5, 5.41) is 14.4. The Balaban J connectivity index is 2.17. The standard InChI is InChI=1S/C16H13N2OP/c19-18-12-11-17-13-16(18)20(14-7-3-1-4-8-14)15-9-5-2-6-10-15/h1-13H. The Hall–Kier alpha value is -2.25. The summed E-state index contributed by atoms with van der Waals surface area (Å²) in [6, 6.07) is 20.2. The Morgan fingerprint density at radius 2 is 1.40 bits per heavy atom. The molecule has 0 radical (unpaired) electrons. The van der Waals surface area contributed by atoms with E-state index in [1.807, 2.05) is 36.4 Å². The zero-order valence-electron chi connectivity index (χ0n) is 10.8. The van der Waals surface area contributed by atoms with E-state index in [9.17, 15) is 5.21 Å². The molecule has 0 N–H and O–H groups in total. The van der Waals surface area contributed by atoms with E-state index in [0.717, 1.165) is 15.3 Å². The van der Waals surface area contributed by atoms with Crippen molar-refractivity contribution < 1.29 is 4.73 Å². The smallest absolute Gasteiger partial charge is 0.240 e. The molecule has 0 atom stereocenters. The minimum absolute atomic E-state index is 0.694. The highest BCUT2D eigenvalue weighted by Crippen LogP contribution is 2.30. The molecule has 0 saturated heterocycles. The fourth-order valence-electron chi connectivity index (χ4n) is 2.07. The van der Waals surface area contributed by atoms with Gasteiger partial charge in [0.05, 0.1) is 14.1 Å². The molecule has 0 unspecified atom stereocenters. The van der Waals surface area contributed by atoms with E-state index in [1.165, 1.54) is 12.4 Å². The summed E-state index contributed by atoms with van der Waals surface area (Å²) < 4.78 is 0.915. The maximum Gasteiger partial charge on any atom is 0.240 e. The van der Waals surface area contributed by atoms with Crippen molar-refractivity contribution in [3.8, 4) is 0 Å². The molecule has 3 rings (SSSR count). The van der Waals surface area contributed by atoms with Gasteiger partial charge in [0.15, 0.2) is 6.20 Å². The highest BCUT2D eigenvalue weighted by Gasteiger charge is 2.23. The van der Waals surface area contributed by atoms with Crippen LogP contribution >= 0.6 is 7.92 Å². The van der Waals surface area contributed by atoms with Crippen LogP contribution in [0.2, 0.25) is 0 Å². The van der Waals surface area contributed by atoms with Crippen molar-refractivity contribution >= 4 is 24.0 Å². The van der Waals surface area contributed by atoms with Crippen LogP contribution in [0.25, 0.3) is 0 Å². The number of nitrogens with zero attached hydrogens (tertiary/aromatic N) is 2. The Bertz CT molecular complexity index is 650. The lowest BCUT2D eigenvalue weighted by molar-refractivity contribution is -0.586. The number of rotatable bonds is 3. The Morgan fingerprint density at radius 1 is 0.850 bits per heavy atom. The maximum absolute atomic E-state index is 12.1. The van der Waals surface area contributed by atoms with Crippen molar-refractivity contribution in [2.45, 2.75) is 0 Å². The monoisotopic (exact) mass is 280 g/mol. The van der Waals surface area contributed by atoms with E-state index < -0.39 is 7.92 Å². The van der Waals surface area contributed by atoms with Crippen molar-refractivity contribution in [2.24, 2.45) is 0 Å². The van der Waals surface area contributed by atoms with E-state index in [4.69, 9.17) is 0 Å². The minimum atomic E-state index is -0.879. The quantitative estimate of drug-likeness (QED) is 0.414. The molecule has 4 heteroatoms.